The zero-order chi connectivity index (χ0) is 23.1. The summed E-state index contributed by atoms with van der Waals surface area (Å²) in [5.74, 6) is -1.04. The molecule has 0 aliphatic carbocycles. The van der Waals surface area contributed by atoms with Crippen LogP contribution in [-0.4, -0.2) is 25.1 Å². The Morgan fingerprint density at radius 2 is 1.66 bits per heavy atom. The van der Waals surface area contributed by atoms with Crippen molar-refractivity contribution in [2.75, 3.05) is 17.7 Å². The number of methoxy groups -OCH3 is 1. The first-order valence-electron chi connectivity index (χ1n) is 10.1. The van der Waals surface area contributed by atoms with Crippen molar-refractivity contribution in [3.63, 3.8) is 0 Å². The number of hydrazone groups is 1. The lowest BCUT2D eigenvalue weighted by atomic mass is 10.1. The minimum atomic E-state index is -0.865. The highest BCUT2D eigenvalue weighted by Gasteiger charge is 2.14. The van der Waals surface area contributed by atoms with Crippen molar-refractivity contribution in [2.24, 2.45) is 5.10 Å². The molecule has 164 valence electrons. The van der Waals surface area contributed by atoms with E-state index in [-0.39, 0.29) is 0 Å². The Bertz CT molecular complexity index is 1170. The molecule has 0 unspecified atom stereocenters. The van der Waals surface area contributed by atoms with Gasteiger partial charge in [0.2, 0.25) is 0 Å². The Balaban J connectivity index is 1.71. The summed E-state index contributed by atoms with van der Waals surface area (Å²) in [6, 6.07) is 18.8. The maximum atomic E-state index is 12.2. The third-order valence-corrected chi connectivity index (χ3v) is 5.02. The minimum Gasteiger partial charge on any atom is -0.495 e. The number of hydrogen-bond acceptors (Lipinski definition) is 5. The minimum absolute atomic E-state index is 0.551. The van der Waals surface area contributed by atoms with E-state index in [1.165, 1.54) is 6.21 Å². The van der Waals surface area contributed by atoms with Gasteiger partial charge in [0.05, 0.1) is 19.0 Å². The quantitative estimate of drug-likeness (QED) is 0.306. The Labute approximate surface area is 187 Å². The van der Waals surface area contributed by atoms with Crippen molar-refractivity contribution in [3.05, 3.63) is 82.9 Å². The first-order valence-corrected chi connectivity index (χ1v) is 10.1. The van der Waals surface area contributed by atoms with Crippen LogP contribution in [0.4, 0.5) is 17.1 Å². The number of anilines is 3. The predicted octanol–water partition coefficient (Wildman–Crippen LogP) is 4.45. The number of amides is 2. The van der Waals surface area contributed by atoms with Gasteiger partial charge >= 0.3 is 11.8 Å². The van der Waals surface area contributed by atoms with Gasteiger partial charge in [-0.05, 0) is 61.7 Å². The highest BCUT2D eigenvalue weighted by atomic mass is 16.5. The van der Waals surface area contributed by atoms with Gasteiger partial charge in [-0.15, -0.1) is 0 Å². The van der Waals surface area contributed by atoms with Crippen LogP contribution in [0, 0.1) is 20.8 Å². The third kappa shape index (κ3) is 5.51. The van der Waals surface area contributed by atoms with Crippen LogP contribution in [0.25, 0.3) is 0 Å². The summed E-state index contributed by atoms with van der Waals surface area (Å²) in [7, 11) is 1.58. The number of carbonyl (C=O) groups excluding carboxylic acids is 2. The molecule has 0 aliphatic heterocycles. The summed E-state index contributed by atoms with van der Waals surface area (Å²) >= 11 is 0. The molecule has 3 N–H and O–H groups in total. The molecule has 7 nitrogen and oxygen atoms in total. The summed E-state index contributed by atoms with van der Waals surface area (Å²) in [4.78, 5) is 24.3. The molecule has 7 heteroatoms. The maximum Gasteiger partial charge on any atom is 0.329 e. The lowest BCUT2D eigenvalue weighted by molar-refractivity contribution is -0.136. The monoisotopic (exact) mass is 430 g/mol. The fraction of sp³-hybridized carbons (Fsp3) is 0.160. The number of ether oxygens (including phenoxy) is 1. The van der Waals surface area contributed by atoms with Crippen LogP contribution in [0.15, 0.2) is 65.8 Å². The second-order valence-electron chi connectivity index (χ2n) is 7.32. The topological polar surface area (TPSA) is 91.8 Å². The molecule has 0 aliphatic rings. The molecular weight excluding hydrogens is 404 g/mol. The first-order chi connectivity index (χ1) is 15.4. The molecule has 3 aromatic carbocycles. The van der Waals surface area contributed by atoms with Gasteiger partial charge in [-0.2, -0.15) is 5.10 Å². The first kappa shape index (κ1) is 22.6. The lowest BCUT2D eigenvalue weighted by Crippen LogP contribution is -2.32. The summed E-state index contributed by atoms with van der Waals surface area (Å²) < 4.78 is 5.47. The fourth-order valence-electron chi connectivity index (χ4n) is 3.03. The summed E-state index contributed by atoms with van der Waals surface area (Å²) in [5, 5.41) is 9.88. The van der Waals surface area contributed by atoms with Crippen LogP contribution in [0.1, 0.15) is 22.3 Å². The summed E-state index contributed by atoms with van der Waals surface area (Å²) in [5.41, 5.74) is 8.31. The number of rotatable bonds is 6. The second kappa shape index (κ2) is 10.3. The molecule has 0 bridgehead atoms. The predicted molar refractivity (Wildman–Crippen MR) is 128 cm³/mol. The van der Waals surface area contributed by atoms with Crippen molar-refractivity contribution >= 4 is 35.1 Å². The van der Waals surface area contributed by atoms with E-state index in [0.29, 0.717) is 22.7 Å². The summed E-state index contributed by atoms with van der Waals surface area (Å²) in [6.45, 7) is 5.91. The normalized spacial score (nSPS) is 10.6. The van der Waals surface area contributed by atoms with Crippen molar-refractivity contribution in [1.82, 2.24) is 5.43 Å². The number of hydrogen-bond donors (Lipinski definition) is 3. The van der Waals surface area contributed by atoms with Crippen molar-refractivity contribution < 1.29 is 14.3 Å². The molecule has 0 spiro atoms. The molecule has 0 saturated carbocycles. The highest BCUT2D eigenvalue weighted by molar-refractivity contribution is 6.39. The molecule has 0 aromatic heterocycles. The van der Waals surface area contributed by atoms with Crippen molar-refractivity contribution in [3.8, 4) is 5.75 Å². The van der Waals surface area contributed by atoms with Crippen LogP contribution in [-0.2, 0) is 9.59 Å². The maximum absolute atomic E-state index is 12.2. The van der Waals surface area contributed by atoms with Crippen LogP contribution in [0.2, 0.25) is 0 Å². The lowest BCUT2D eigenvalue weighted by Gasteiger charge is -2.15. The van der Waals surface area contributed by atoms with Gasteiger partial charge in [0.1, 0.15) is 5.75 Å². The van der Waals surface area contributed by atoms with E-state index >= 15 is 0 Å². The number of carbonyl (C=O) groups is 2. The molecule has 3 rings (SSSR count). The van der Waals surface area contributed by atoms with E-state index in [9.17, 15) is 9.59 Å². The van der Waals surface area contributed by atoms with E-state index in [2.05, 4.69) is 21.2 Å². The van der Waals surface area contributed by atoms with Gasteiger partial charge < -0.3 is 15.4 Å². The van der Waals surface area contributed by atoms with Gasteiger partial charge in [-0.25, -0.2) is 5.43 Å². The van der Waals surface area contributed by atoms with Crippen LogP contribution in [0.3, 0.4) is 0 Å². The smallest absolute Gasteiger partial charge is 0.329 e. The van der Waals surface area contributed by atoms with Crippen molar-refractivity contribution in [2.45, 2.75) is 20.8 Å². The Hall–Kier alpha value is -4.13. The standard InChI is InChI=1S/C25H26N4O3/c1-16-12-13-20(14-18(16)3)27-24(30)25(31)29-26-15-19-9-7-11-22(32-4)23(19)28-21-10-6-5-8-17(21)2/h5-15,28H,1-4H3,(H,27,30)(H,29,31)/b26-15-. The van der Waals surface area contributed by atoms with Crippen molar-refractivity contribution in [1.29, 1.82) is 0 Å². The van der Waals surface area contributed by atoms with Crippen LogP contribution >= 0.6 is 0 Å². The van der Waals surface area contributed by atoms with Gasteiger partial charge in [-0.1, -0.05) is 36.4 Å². The van der Waals surface area contributed by atoms with E-state index < -0.39 is 11.8 Å². The number of nitrogens with one attached hydrogen (secondary N) is 3. The zero-order valence-electron chi connectivity index (χ0n) is 18.5. The van der Waals surface area contributed by atoms with E-state index in [1.54, 1.807) is 13.2 Å². The molecule has 32 heavy (non-hydrogen) atoms. The van der Waals surface area contributed by atoms with E-state index in [1.807, 2.05) is 75.4 Å². The fourth-order valence-corrected chi connectivity index (χ4v) is 3.03. The molecule has 0 heterocycles. The summed E-state index contributed by atoms with van der Waals surface area (Å²) in [6.07, 6.45) is 1.46. The average Bonchev–Trinajstić information content (AvgIpc) is 2.78. The average molecular weight is 431 g/mol. The molecule has 0 saturated heterocycles. The Morgan fingerprint density at radius 3 is 2.38 bits per heavy atom. The molecule has 0 fully saturated rings. The molecule has 0 atom stereocenters. The Morgan fingerprint density at radius 1 is 0.875 bits per heavy atom. The molecule has 0 radical (unpaired) electrons. The number of nitrogens with zero attached hydrogens (tertiary/aromatic N) is 1. The van der Waals surface area contributed by atoms with Gasteiger partial charge in [0, 0.05) is 16.9 Å². The SMILES string of the molecule is COc1cccc(/C=N\NC(=O)C(=O)Nc2ccc(C)c(C)c2)c1Nc1ccccc1C. The molecule has 2 amide bonds. The van der Waals surface area contributed by atoms with Gasteiger partial charge in [-0.3, -0.25) is 9.59 Å². The zero-order valence-corrected chi connectivity index (χ0v) is 18.5. The highest BCUT2D eigenvalue weighted by Crippen LogP contribution is 2.31. The van der Waals surface area contributed by atoms with Gasteiger partial charge in [0.15, 0.2) is 0 Å². The van der Waals surface area contributed by atoms with E-state index in [0.717, 1.165) is 22.4 Å². The van der Waals surface area contributed by atoms with Crippen LogP contribution < -0.4 is 20.8 Å². The molecule has 3 aromatic rings. The number of para-hydroxylation sites is 2. The molecular formula is C25H26N4O3. The third-order valence-electron chi connectivity index (χ3n) is 5.02. The van der Waals surface area contributed by atoms with Gasteiger partial charge in [0.25, 0.3) is 0 Å². The number of benzene rings is 3. The number of aryl methyl sites for hydroxylation is 3. The second-order valence-corrected chi connectivity index (χ2v) is 7.32. The van der Waals surface area contributed by atoms with Crippen LogP contribution in [0.5, 0.6) is 5.75 Å². The Kier molecular flexibility index (Phi) is 7.23. The van der Waals surface area contributed by atoms with E-state index in [4.69, 9.17) is 4.74 Å². The largest absolute Gasteiger partial charge is 0.495 e.